The third kappa shape index (κ3) is 5.13. The monoisotopic (exact) mass is 465 g/mol. The van der Waals surface area contributed by atoms with Gasteiger partial charge in [-0.1, -0.05) is 23.4 Å². The summed E-state index contributed by atoms with van der Waals surface area (Å²) in [6.07, 6.45) is 3.13. The van der Waals surface area contributed by atoms with Crippen LogP contribution < -0.4 is 5.73 Å². The predicted octanol–water partition coefficient (Wildman–Crippen LogP) is 3.70. The summed E-state index contributed by atoms with van der Waals surface area (Å²) in [5.74, 6) is 1.49. The van der Waals surface area contributed by atoms with E-state index in [9.17, 15) is 8.42 Å². The van der Waals surface area contributed by atoms with E-state index in [2.05, 4.69) is 24.5 Å². The molecule has 0 atom stereocenters. The van der Waals surface area contributed by atoms with Gasteiger partial charge in [-0.25, -0.2) is 9.97 Å². The van der Waals surface area contributed by atoms with Gasteiger partial charge in [0, 0.05) is 6.07 Å². The maximum absolute atomic E-state index is 10.9. The third-order valence-corrected chi connectivity index (χ3v) is 4.83. The molecule has 5 aromatic rings. The highest BCUT2D eigenvalue weighted by atomic mass is 32.2. The molecular formula is C21H19N7O4S. The van der Waals surface area contributed by atoms with E-state index in [-0.39, 0.29) is 5.95 Å². The summed E-state index contributed by atoms with van der Waals surface area (Å²) in [5, 5.41) is 3.64. The van der Waals surface area contributed by atoms with Gasteiger partial charge in [0.05, 0.1) is 30.5 Å². The average molecular weight is 465 g/mol. The lowest BCUT2D eigenvalue weighted by Crippen LogP contribution is -2.03. The van der Waals surface area contributed by atoms with Crippen LogP contribution in [0.3, 0.4) is 0 Å². The van der Waals surface area contributed by atoms with Crippen molar-refractivity contribution in [3.05, 3.63) is 72.1 Å². The zero-order valence-corrected chi connectivity index (χ0v) is 18.5. The van der Waals surface area contributed by atoms with E-state index in [4.69, 9.17) is 14.7 Å². The third-order valence-electron chi connectivity index (χ3n) is 4.49. The van der Waals surface area contributed by atoms with Gasteiger partial charge in [0.15, 0.2) is 11.4 Å². The van der Waals surface area contributed by atoms with Crippen LogP contribution in [-0.2, 0) is 17.0 Å². The zero-order valence-electron chi connectivity index (χ0n) is 17.7. The lowest BCUT2D eigenvalue weighted by atomic mass is 10.2. The maximum atomic E-state index is 10.9. The van der Waals surface area contributed by atoms with Gasteiger partial charge in [0.2, 0.25) is 5.95 Å². The smallest absolute Gasteiger partial charge is 0.316 e. The Morgan fingerprint density at radius 1 is 1.12 bits per heavy atom. The molecule has 1 aromatic carbocycles. The van der Waals surface area contributed by atoms with Crippen molar-refractivity contribution in [3.63, 3.8) is 0 Å². The van der Waals surface area contributed by atoms with E-state index in [0.717, 1.165) is 11.5 Å². The molecule has 0 aliphatic rings. The maximum Gasteiger partial charge on any atom is 0.316 e. The lowest BCUT2D eigenvalue weighted by molar-refractivity contribution is 0.393. The lowest BCUT2D eigenvalue weighted by Gasteiger charge is -2.07. The fourth-order valence-corrected chi connectivity index (χ4v) is 3.49. The second-order valence-corrected chi connectivity index (χ2v) is 7.59. The zero-order chi connectivity index (χ0) is 23.4. The van der Waals surface area contributed by atoms with Gasteiger partial charge in [0.25, 0.3) is 0 Å². The minimum absolute atomic E-state index is 0.0873. The van der Waals surface area contributed by atoms with Gasteiger partial charge >= 0.3 is 10.5 Å². The van der Waals surface area contributed by atoms with Crippen molar-refractivity contribution in [2.75, 3.05) is 5.73 Å². The largest absolute Gasteiger partial charge is 0.463 e. The van der Waals surface area contributed by atoms with Crippen molar-refractivity contribution in [1.29, 1.82) is 0 Å². The molecule has 33 heavy (non-hydrogen) atoms. The molecule has 0 bridgehead atoms. The Kier molecular flexibility index (Phi) is 6.26. The molecule has 12 heteroatoms. The molecule has 4 heterocycles. The fourth-order valence-electron chi connectivity index (χ4n) is 3.15. The van der Waals surface area contributed by atoms with Crippen LogP contribution in [0.4, 0.5) is 11.6 Å². The summed E-state index contributed by atoms with van der Waals surface area (Å²) in [6, 6.07) is 12.3. The molecule has 0 aliphatic carbocycles. The first-order chi connectivity index (χ1) is 15.9. The quantitative estimate of drug-likeness (QED) is 0.418. The Balaban J connectivity index is 0.000000318. The van der Waals surface area contributed by atoms with E-state index in [0.29, 0.717) is 40.4 Å². The van der Waals surface area contributed by atoms with Crippen LogP contribution in [-0.4, -0.2) is 33.1 Å². The molecule has 11 nitrogen and oxygen atoms in total. The molecule has 0 spiro atoms. The van der Waals surface area contributed by atoms with Crippen molar-refractivity contribution in [2.45, 2.75) is 20.4 Å². The Morgan fingerprint density at radius 2 is 1.94 bits per heavy atom. The normalized spacial score (nSPS) is 10.6. The number of fused-ring (bicyclic) bond motifs is 1. The summed E-state index contributed by atoms with van der Waals surface area (Å²) in [6.45, 7) is 4.10. The summed E-state index contributed by atoms with van der Waals surface area (Å²) < 4.78 is 37.3. The van der Waals surface area contributed by atoms with E-state index in [1.165, 1.54) is 6.26 Å². The van der Waals surface area contributed by atoms with Crippen molar-refractivity contribution < 1.29 is 17.4 Å². The molecule has 0 saturated heterocycles. The molecule has 168 valence electrons. The molecule has 0 fully saturated rings. The van der Waals surface area contributed by atoms with Gasteiger partial charge in [0.1, 0.15) is 17.0 Å². The van der Waals surface area contributed by atoms with Crippen LogP contribution in [0.5, 0.6) is 0 Å². The first-order valence-corrected chi connectivity index (χ1v) is 10.7. The fraction of sp³-hybridized carbons (Fsp3) is 0.143. The summed E-state index contributed by atoms with van der Waals surface area (Å²) in [5.41, 5.74) is 9.39. The van der Waals surface area contributed by atoms with Crippen LogP contribution in [0.2, 0.25) is 0 Å². The van der Waals surface area contributed by atoms with Gasteiger partial charge in [-0.3, -0.25) is 0 Å². The number of imidazole rings is 1. The standard InChI is InChI=1S/C16H12N6O3S.C5H7NO/c17-16-19-13(12-6-3-7-25-12)14-15(20-16)22(9-18-14)8-10-4-1-2-5-11(10)21-26(23)24;1-4-3-5(2)7-6-4/h1-7,9H,8H2,(H2,17,19,20);3H,1-2H3. The van der Waals surface area contributed by atoms with Crippen molar-refractivity contribution in [3.8, 4) is 11.5 Å². The SMILES string of the molecule is Cc1cc(C)on1.Nc1nc(-c2ccco2)c2ncn(Cc3ccccc3N=S(=O)=O)c2n1. The highest BCUT2D eigenvalue weighted by Crippen LogP contribution is 2.27. The highest BCUT2D eigenvalue weighted by Gasteiger charge is 2.16. The number of nitrogens with two attached hydrogens (primary N) is 1. The second kappa shape index (κ2) is 9.44. The van der Waals surface area contributed by atoms with Gasteiger partial charge in [-0.15, -0.1) is 4.36 Å². The van der Waals surface area contributed by atoms with Gasteiger partial charge in [-0.05, 0) is 37.6 Å². The topological polar surface area (TPSA) is 155 Å². The first kappa shape index (κ1) is 21.9. The minimum Gasteiger partial charge on any atom is -0.463 e. The van der Waals surface area contributed by atoms with Gasteiger partial charge in [-0.2, -0.15) is 13.4 Å². The van der Waals surface area contributed by atoms with Crippen LogP contribution in [0.25, 0.3) is 22.6 Å². The number of nitrogens with zero attached hydrogens (tertiary/aromatic N) is 6. The Morgan fingerprint density at radius 3 is 2.58 bits per heavy atom. The number of hydrogen-bond donors (Lipinski definition) is 1. The van der Waals surface area contributed by atoms with Crippen molar-refractivity contribution >= 4 is 33.3 Å². The molecule has 0 radical (unpaired) electrons. The molecule has 0 saturated carbocycles. The number of benzene rings is 1. The number of hydrogen-bond acceptors (Lipinski definition) is 10. The van der Waals surface area contributed by atoms with Crippen molar-refractivity contribution in [2.24, 2.45) is 4.36 Å². The number of rotatable bonds is 4. The van der Waals surface area contributed by atoms with Crippen LogP contribution in [0.1, 0.15) is 17.0 Å². The molecule has 5 rings (SSSR count). The Labute approximate surface area is 189 Å². The molecular weight excluding hydrogens is 446 g/mol. The Bertz CT molecular complexity index is 1510. The summed E-state index contributed by atoms with van der Waals surface area (Å²) in [7, 11) is -2.54. The van der Waals surface area contributed by atoms with Crippen molar-refractivity contribution in [1.82, 2.24) is 24.7 Å². The summed E-state index contributed by atoms with van der Waals surface area (Å²) in [4.78, 5) is 12.9. The Hall–Kier alpha value is -4.32. The number of aromatic nitrogens is 5. The molecule has 0 aliphatic heterocycles. The number of aryl methyl sites for hydroxylation is 2. The van der Waals surface area contributed by atoms with E-state index >= 15 is 0 Å². The van der Waals surface area contributed by atoms with E-state index < -0.39 is 10.5 Å². The summed E-state index contributed by atoms with van der Waals surface area (Å²) >= 11 is 0. The predicted molar refractivity (Wildman–Crippen MR) is 120 cm³/mol. The van der Waals surface area contributed by atoms with Gasteiger partial charge < -0.3 is 19.2 Å². The van der Waals surface area contributed by atoms with E-state index in [1.807, 2.05) is 19.9 Å². The molecule has 0 unspecified atom stereocenters. The number of anilines is 1. The highest BCUT2D eigenvalue weighted by molar-refractivity contribution is 7.61. The second-order valence-electron chi connectivity index (χ2n) is 6.97. The van der Waals surface area contributed by atoms with Crippen LogP contribution in [0, 0.1) is 13.8 Å². The number of nitrogen functional groups attached to an aromatic ring is 1. The minimum atomic E-state index is -2.54. The van der Waals surface area contributed by atoms with E-state index in [1.54, 1.807) is 47.3 Å². The first-order valence-electron chi connectivity index (χ1n) is 9.72. The molecule has 2 N–H and O–H groups in total. The van der Waals surface area contributed by atoms with Crippen LogP contribution in [0.15, 0.2) is 68.4 Å². The number of furan rings is 1. The average Bonchev–Trinajstić information content (AvgIpc) is 3.52. The molecule has 0 amide bonds. The van der Waals surface area contributed by atoms with Crippen LogP contribution >= 0.6 is 0 Å². The molecule has 4 aromatic heterocycles.